The first-order valence-corrected chi connectivity index (χ1v) is 6.02. The Bertz CT molecular complexity index is 302. The Morgan fingerprint density at radius 3 is 2.60 bits per heavy atom. The SMILES string of the molecule is Cc1sc(CNCCC(F)(F)F)cc1Br. The molecule has 0 unspecified atom stereocenters. The van der Waals surface area contributed by atoms with Crippen LogP contribution < -0.4 is 5.32 Å². The second-order valence-corrected chi connectivity index (χ2v) is 5.35. The minimum Gasteiger partial charge on any atom is -0.312 e. The molecule has 1 rings (SSSR count). The van der Waals surface area contributed by atoms with E-state index < -0.39 is 12.6 Å². The third-order valence-electron chi connectivity index (χ3n) is 1.79. The minimum absolute atomic E-state index is 0.0297. The monoisotopic (exact) mass is 301 g/mol. The van der Waals surface area contributed by atoms with Gasteiger partial charge in [0.2, 0.25) is 0 Å². The molecule has 86 valence electrons. The Morgan fingerprint density at radius 1 is 1.47 bits per heavy atom. The highest BCUT2D eigenvalue weighted by Gasteiger charge is 2.25. The van der Waals surface area contributed by atoms with Crippen molar-refractivity contribution in [2.75, 3.05) is 6.54 Å². The van der Waals surface area contributed by atoms with Gasteiger partial charge in [0.05, 0.1) is 6.42 Å². The van der Waals surface area contributed by atoms with Gasteiger partial charge >= 0.3 is 6.18 Å². The van der Waals surface area contributed by atoms with E-state index in [9.17, 15) is 13.2 Å². The number of hydrogen-bond acceptors (Lipinski definition) is 2. The number of halogens is 4. The van der Waals surface area contributed by atoms with Crippen molar-refractivity contribution in [3.8, 4) is 0 Å². The Hall–Kier alpha value is -0.0700. The van der Waals surface area contributed by atoms with Crippen LogP contribution in [0, 0.1) is 6.92 Å². The standard InChI is InChI=1S/C9H11BrF3NS/c1-6-8(10)4-7(15-6)5-14-3-2-9(11,12)13/h4,14H,2-3,5H2,1H3. The average Bonchev–Trinajstić information content (AvgIpc) is 2.39. The Balaban J connectivity index is 2.26. The first kappa shape index (κ1) is 13.0. The van der Waals surface area contributed by atoms with E-state index in [-0.39, 0.29) is 6.54 Å². The van der Waals surface area contributed by atoms with Crippen molar-refractivity contribution in [2.45, 2.75) is 26.1 Å². The zero-order valence-electron chi connectivity index (χ0n) is 8.12. The first-order valence-electron chi connectivity index (χ1n) is 4.41. The lowest BCUT2D eigenvalue weighted by atomic mass is 10.4. The molecule has 0 aliphatic carbocycles. The maximum atomic E-state index is 11.8. The Kier molecular flexibility index (Phi) is 4.61. The fourth-order valence-electron chi connectivity index (χ4n) is 1.05. The molecule has 0 fully saturated rings. The smallest absolute Gasteiger partial charge is 0.312 e. The lowest BCUT2D eigenvalue weighted by molar-refractivity contribution is -0.133. The molecule has 0 radical (unpaired) electrons. The van der Waals surface area contributed by atoms with Gasteiger partial charge in [0.25, 0.3) is 0 Å². The van der Waals surface area contributed by atoms with Crippen molar-refractivity contribution in [1.82, 2.24) is 5.32 Å². The van der Waals surface area contributed by atoms with E-state index in [0.717, 1.165) is 14.2 Å². The number of aryl methyl sites for hydroxylation is 1. The van der Waals surface area contributed by atoms with Crippen molar-refractivity contribution >= 4 is 27.3 Å². The largest absolute Gasteiger partial charge is 0.390 e. The predicted octanol–water partition coefficient (Wildman–Crippen LogP) is 3.86. The van der Waals surface area contributed by atoms with Crippen LogP contribution in [0.2, 0.25) is 0 Å². The summed E-state index contributed by atoms with van der Waals surface area (Å²) in [5.74, 6) is 0. The van der Waals surface area contributed by atoms with Gasteiger partial charge in [-0.15, -0.1) is 11.3 Å². The lowest BCUT2D eigenvalue weighted by Crippen LogP contribution is -2.20. The van der Waals surface area contributed by atoms with Gasteiger partial charge in [0.15, 0.2) is 0 Å². The summed E-state index contributed by atoms with van der Waals surface area (Å²) < 4.78 is 36.4. The van der Waals surface area contributed by atoms with Crippen LogP contribution >= 0.6 is 27.3 Å². The van der Waals surface area contributed by atoms with E-state index in [0.29, 0.717) is 6.54 Å². The molecule has 0 aliphatic heterocycles. The lowest BCUT2D eigenvalue weighted by Gasteiger charge is -2.06. The fourth-order valence-corrected chi connectivity index (χ4v) is 2.62. The summed E-state index contributed by atoms with van der Waals surface area (Å²) in [5.41, 5.74) is 0. The third kappa shape index (κ3) is 4.99. The second-order valence-electron chi connectivity index (χ2n) is 3.16. The number of nitrogens with one attached hydrogen (secondary N) is 1. The van der Waals surface area contributed by atoms with Gasteiger partial charge in [-0.05, 0) is 28.9 Å². The highest BCUT2D eigenvalue weighted by Crippen LogP contribution is 2.26. The quantitative estimate of drug-likeness (QED) is 0.833. The van der Waals surface area contributed by atoms with Crippen molar-refractivity contribution in [3.05, 3.63) is 20.3 Å². The fraction of sp³-hybridized carbons (Fsp3) is 0.556. The molecule has 1 aromatic heterocycles. The summed E-state index contributed by atoms with van der Waals surface area (Å²) in [6.45, 7) is 2.43. The summed E-state index contributed by atoms with van der Waals surface area (Å²) in [6.07, 6.45) is -4.85. The van der Waals surface area contributed by atoms with Gasteiger partial charge in [0.1, 0.15) is 0 Å². The number of thiophene rings is 1. The minimum atomic E-state index is -4.07. The molecule has 0 aliphatic rings. The molecular formula is C9H11BrF3NS. The molecule has 1 heterocycles. The van der Waals surface area contributed by atoms with Crippen molar-refractivity contribution in [2.24, 2.45) is 0 Å². The summed E-state index contributed by atoms with van der Waals surface area (Å²) in [7, 11) is 0. The summed E-state index contributed by atoms with van der Waals surface area (Å²) >= 11 is 4.94. The van der Waals surface area contributed by atoms with Crippen LogP contribution in [-0.2, 0) is 6.54 Å². The maximum absolute atomic E-state index is 11.8. The zero-order chi connectivity index (χ0) is 11.5. The van der Waals surface area contributed by atoms with E-state index in [1.54, 1.807) is 11.3 Å². The van der Waals surface area contributed by atoms with Gasteiger partial charge in [-0.3, -0.25) is 0 Å². The molecule has 0 saturated heterocycles. The molecule has 6 heteroatoms. The second kappa shape index (κ2) is 5.32. The third-order valence-corrected chi connectivity index (χ3v) is 3.93. The van der Waals surface area contributed by atoms with Crippen LogP contribution in [-0.4, -0.2) is 12.7 Å². The van der Waals surface area contributed by atoms with Crippen molar-refractivity contribution in [3.63, 3.8) is 0 Å². The van der Waals surface area contributed by atoms with E-state index in [2.05, 4.69) is 21.2 Å². The number of rotatable bonds is 4. The molecule has 0 bridgehead atoms. The van der Waals surface area contributed by atoms with Gasteiger partial charge in [0, 0.05) is 27.3 Å². The zero-order valence-corrected chi connectivity index (χ0v) is 10.5. The average molecular weight is 302 g/mol. The molecule has 0 amide bonds. The highest BCUT2D eigenvalue weighted by molar-refractivity contribution is 9.10. The predicted molar refractivity (Wildman–Crippen MR) is 59.1 cm³/mol. The number of hydrogen-bond donors (Lipinski definition) is 1. The van der Waals surface area contributed by atoms with Crippen LogP contribution in [0.25, 0.3) is 0 Å². The molecule has 1 aromatic rings. The van der Waals surface area contributed by atoms with Crippen molar-refractivity contribution < 1.29 is 13.2 Å². The Morgan fingerprint density at radius 2 is 2.13 bits per heavy atom. The van der Waals surface area contributed by atoms with Gasteiger partial charge < -0.3 is 5.32 Å². The Labute approximate surface area is 98.8 Å². The van der Waals surface area contributed by atoms with E-state index in [1.165, 1.54) is 0 Å². The van der Waals surface area contributed by atoms with Crippen LogP contribution in [0.4, 0.5) is 13.2 Å². The molecule has 0 saturated carbocycles. The first-order chi connectivity index (χ1) is 6.88. The molecule has 0 spiro atoms. The van der Waals surface area contributed by atoms with Crippen LogP contribution in [0.1, 0.15) is 16.2 Å². The molecular weight excluding hydrogens is 291 g/mol. The molecule has 0 aromatic carbocycles. The normalized spacial score (nSPS) is 12.1. The topological polar surface area (TPSA) is 12.0 Å². The van der Waals surface area contributed by atoms with Gasteiger partial charge in [-0.2, -0.15) is 13.2 Å². The van der Waals surface area contributed by atoms with Crippen LogP contribution in [0.5, 0.6) is 0 Å². The van der Waals surface area contributed by atoms with E-state index in [4.69, 9.17) is 0 Å². The highest BCUT2D eigenvalue weighted by atomic mass is 79.9. The van der Waals surface area contributed by atoms with Gasteiger partial charge in [-0.1, -0.05) is 0 Å². The summed E-state index contributed by atoms with van der Waals surface area (Å²) in [5, 5.41) is 2.77. The molecule has 1 N–H and O–H groups in total. The summed E-state index contributed by atoms with van der Waals surface area (Å²) in [6, 6.07) is 1.93. The maximum Gasteiger partial charge on any atom is 0.390 e. The molecule has 1 nitrogen and oxygen atoms in total. The summed E-state index contributed by atoms with van der Waals surface area (Å²) in [4.78, 5) is 2.18. The van der Waals surface area contributed by atoms with Gasteiger partial charge in [-0.25, -0.2) is 0 Å². The molecule has 15 heavy (non-hydrogen) atoms. The van der Waals surface area contributed by atoms with Crippen molar-refractivity contribution in [1.29, 1.82) is 0 Å². The molecule has 0 atom stereocenters. The van der Waals surface area contributed by atoms with E-state index in [1.807, 2.05) is 13.0 Å². The van der Waals surface area contributed by atoms with Crippen LogP contribution in [0.3, 0.4) is 0 Å². The number of alkyl halides is 3. The van der Waals surface area contributed by atoms with Crippen LogP contribution in [0.15, 0.2) is 10.5 Å². The van der Waals surface area contributed by atoms with E-state index >= 15 is 0 Å².